The molecule has 1 heterocycles. The first kappa shape index (κ1) is 12.9. The molecule has 3 heteroatoms. The normalized spacial score (nSPS) is 18.4. The van der Waals surface area contributed by atoms with Crippen LogP contribution in [-0.2, 0) is 0 Å². The quantitative estimate of drug-likeness (QED) is 0.638. The van der Waals surface area contributed by atoms with Crippen LogP contribution < -0.4 is 5.32 Å². The molecule has 0 aliphatic carbocycles. The summed E-state index contributed by atoms with van der Waals surface area (Å²) in [6.07, 6.45) is 1.08. The molecule has 1 unspecified atom stereocenters. The Balaban J connectivity index is 1.88. The fourth-order valence-corrected chi connectivity index (χ4v) is 2.95. The van der Waals surface area contributed by atoms with Crippen molar-refractivity contribution in [2.24, 2.45) is 0 Å². The Bertz CT molecular complexity index is 899. The number of rotatable bonds is 1. The van der Waals surface area contributed by atoms with Crippen molar-refractivity contribution in [1.82, 2.24) is 0 Å². The zero-order chi connectivity index (χ0) is 15.1. The molecule has 1 aliphatic heterocycles. The monoisotopic (exact) mass is 289 g/mol. The van der Waals surface area contributed by atoms with E-state index >= 15 is 0 Å². The first-order valence-corrected chi connectivity index (χ1v) is 7.20. The number of anilines is 1. The highest BCUT2D eigenvalue weighted by atomic mass is 16.3. The summed E-state index contributed by atoms with van der Waals surface area (Å²) in [5, 5.41) is 25.5. The molecule has 3 nitrogen and oxygen atoms in total. The first-order chi connectivity index (χ1) is 10.7. The van der Waals surface area contributed by atoms with Crippen LogP contribution in [0.1, 0.15) is 11.1 Å². The van der Waals surface area contributed by atoms with Crippen molar-refractivity contribution >= 4 is 28.1 Å². The van der Waals surface area contributed by atoms with E-state index in [0.717, 1.165) is 27.6 Å². The topological polar surface area (TPSA) is 52.5 Å². The van der Waals surface area contributed by atoms with Gasteiger partial charge in [-0.1, -0.05) is 54.6 Å². The molecular weight excluding hydrogens is 274 g/mol. The van der Waals surface area contributed by atoms with Crippen molar-refractivity contribution < 1.29 is 10.2 Å². The molecule has 3 N–H and O–H groups in total. The van der Waals surface area contributed by atoms with Gasteiger partial charge in [0.05, 0.1) is 0 Å². The van der Waals surface area contributed by atoms with E-state index in [9.17, 15) is 10.2 Å². The average molecular weight is 289 g/mol. The lowest BCUT2D eigenvalue weighted by molar-refractivity contribution is 0.266. The average Bonchev–Trinajstić information content (AvgIpc) is 2.86. The first-order valence-electron chi connectivity index (χ1n) is 7.20. The van der Waals surface area contributed by atoms with E-state index in [2.05, 4.69) is 5.32 Å². The minimum atomic E-state index is -0.761. The molecule has 108 valence electrons. The molecule has 1 aliphatic rings. The molecule has 3 aromatic rings. The Hall–Kier alpha value is -2.78. The Morgan fingerprint density at radius 2 is 1.68 bits per heavy atom. The second kappa shape index (κ2) is 4.90. The van der Waals surface area contributed by atoms with E-state index in [-0.39, 0.29) is 5.75 Å². The summed E-state index contributed by atoms with van der Waals surface area (Å²) in [6, 6.07) is 19.3. The van der Waals surface area contributed by atoms with E-state index in [0.29, 0.717) is 5.56 Å². The molecule has 1 atom stereocenters. The molecule has 22 heavy (non-hydrogen) atoms. The number of phenolic OH excluding ortho intramolecular Hbond substituents is 1. The van der Waals surface area contributed by atoms with E-state index in [1.54, 1.807) is 0 Å². The number of phenols is 1. The molecular formula is C19H15NO2. The third-order valence-electron chi connectivity index (χ3n) is 4.07. The van der Waals surface area contributed by atoms with Crippen molar-refractivity contribution in [1.29, 1.82) is 0 Å². The Morgan fingerprint density at radius 1 is 0.909 bits per heavy atom. The molecule has 0 saturated heterocycles. The van der Waals surface area contributed by atoms with Crippen LogP contribution in [-0.4, -0.2) is 16.4 Å². The third-order valence-corrected chi connectivity index (χ3v) is 4.07. The lowest BCUT2D eigenvalue weighted by Crippen LogP contribution is -2.12. The lowest BCUT2D eigenvalue weighted by atomic mass is 10.0. The van der Waals surface area contributed by atoms with Gasteiger partial charge in [0.25, 0.3) is 0 Å². The van der Waals surface area contributed by atoms with Crippen molar-refractivity contribution in [3.05, 3.63) is 71.8 Å². The summed E-state index contributed by atoms with van der Waals surface area (Å²) in [4.78, 5) is 0. The van der Waals surface area contributed by atoms with Crippen molar-refractivity contribution in [3.8, 4) is 5.75 Å². The predicted octanol–water partition coefficient (Wildman–Crippen LogP) is 3.83. The molecule has 4 rings (SSSR count). The fourth-order valence-electron chi connectivity index (χ4n) is 2.95. The van der Waals surface area contributed by atoms with Crippen LogP contribution in [0.3, 0.4) is 0 Å². The number of fused-ring (bicyclic) bond motifs is 2. The number of aromatic hydroxyl groups is 1. The molecule has 0 fully saturated rings. The van der Waals surface area contributed by atoms with Gasteiger partial charge < -0.3 is 15.5 Å². The van der Waals surface area contributed by atoms with E-state index in [1.165, 1.54) is 0 Å². The number of hydrogen-bond acceptors (Lipinski definition) is 3. The van der Waals surface area contributed by atoms with Crippen LogP contribution in [0.25, 0.3) is 22.4 Å². The summed E-state index contributed by atoms with van der Waals surface area (Å²) in [5.41, 5.74) is 3.33. The van der Waals surface area contributed by atoms with Crippen LogP contribution in [0.2, 0.25) is 0 Å². The van der Waals surface area contributed by atoms with Gasteiger partial charge in [-0.3, -0.25) is 0 Å². The number of para-hydroxylation sites is 1. The van der Waals surface area contributed by atoms with Gasteiger partial charge in [-0.05, 0) is 17.5 Å². The second-order valence-electron chi connectivity index (χ2n) is 5.42. The van der Waals surface area contributed by atoms with E-state index < -0.39 is 6.23 Å². The predicted molar refractivity (Wildman–Crippen MR) is 89.6 cm³/mol. The summed E-state index contributed by atoms with van der Waals surface area (Å²) < 4.78 is 0. The van der Waals surface area contributed by atoms with E-state index in [4.69, 9.17) is 0 Å². The zero-order valence-corrected chi connectivity index (χ0v) is 11.8. The van der Waals surface area contributed by atoms with Crippen LogP contribution in [0.15, 0.2) is 60.7 Å². The van der Waals surface area contributed by atoms with Crippen molar-refractivity contribution in [2.75, 3.05) is 5.32 Å². The summed E-state index contributed by atoms with van der Waals surface area (Å²) >= 11 is 0. The summed E-state index contributed by atoms with van der Waals surface area (Å²) in [5.74, 6) is 0.238. The minimum absolute atomic E-state index is 0.238. The lowest BCUT2D eigenvalue weighted by Gasteiger charge is -2.08. The van der Waals surface area contributed by atoms with Gasteiger partial charge in [-0.2, -0.15) is 0 Å². The molecule has 0 amide bonds. The Morgan fingerprint density at radius 3 is 2.59 bits per heavy atom. The van der Waals surface area contributed by atoms with Gasteiger partial charge >= 0.3 is 0 Å². The minimum Gasteiger partial charge on any atom is -0.507 e. The zero-order valence-electron chi connectivity index (χ0n) is 11.8. The SMILES string of the molecule is Oc1c(C=C2c3ccccc3NC2O)ccc2ccccc12. The molecule has 0 aromatic heterocycles. The van der Waals surface area contributed by atoms with Crippen molar-refractivity contribution in [2.45, 2.75) is 6.23 Å². The van der Waals surface area contributed by atoms with Crippen molar-refractivity contribution in [3.63, 3.8) is 0 Å². The highest BCUT2D eigenvalue weighted by Crippen LogP contribution is 2.37. The van der Waals surface area contributed by atoms with Gasteiger partial charge in [-0.25, -0.2) is 0 Å². The van der Waals surface area contributed by atoms with Gasteiger partial charge in [0.2, 0.25) is 0 Å². The number of aliphatic hydroxyl groups excluding tert-OH is 1. The second-order valence-corrected chi connectivity index (χ2v) is 5.42. The maximum atomic E-state index is 10.5. The highest BCUT2D eigenvalue weighted by Gasteiger charge is 2.24. The third kappa shape index (κ3) is 1.95. The largest absolute Gasteiger partial charge is 0.507 e. The van der Waals surface area contributed by atoms with Gasteiger partial charge in [0.1, 0.15) is 5.75 Å². The van der Waals surface area contributed by atoms with Gasteiger partial charge in [-0.15, -0.1) is 0 Å². The Labute approximate surface area is 128 Å². The highest BCUT2D eigenvalue weighted by molar-refractivity contribution is 5.98. The number of nitrogens with one attached hydrogen (secondary N) is 1. The maximum Gasteiger partial charge on any atom is 0.151 e. The number of benzene rings is 3. The standard InChI is InChI=1S/C19H15NO2/c21-18-13(10-9-12-5-1-2-6-14(12)18)11-16-15-7-3-4-8-17(15)20-19(16)22/h1-11,19-22H. The number of aliphatic hydroxyl groups is 1. The smallest absolute Gasteiger partial charge is 0.151 e. The van der Waals surface area contributed by atoms with Crippen LogP contribution >= 0.6 is 0 Å². The molecule has 0 radical (unpaired) electrons. The van der Waals surface area contributed by atoms with Gasteiger partial charge in [0.15, 0.2) is 6.23 Å². The number of hydrogen-bond donors (Lipinski definition) is 3. The summed E-state index contributed by atoms with van der Waals surface area (Å²) in [7, 11) is 0. The van der Waals surface area contributed by atoms with Crippen LogP contribution in [0.5, 0.6) is 5.75 Å². The summed E-state index contributed by atoms with van der Waals surface area (Å²) in [6.45, 7) is 0. The fraction of sp³-hybridized carbons (Fsp3) is 0.0526. The van der Waals surface area contributed by atoms with Gasteiger partial charge in [0, 0.05) is 27.8 Å². The van der Waals surface area contributed by atoms with Crippen LogP contribution in [0, 0.1) is 0 Å². The molecule has 0 bridgehead atoms. The maximum absolute atomic E-state index is 10.5. The molecule has 0 spiro atoms. The van der Waals surface area contributed by atoms with E-state index in [1.807, 2.05) is 66.7 Å². The molecule has 0 saturated carbocycles. The van der Waals surface area contributed by atoms with Crippen LogP contribution in [0.4, 0.5) is 5.69 Å². The Kier molecular flexibility index (Phi) is 2.88. The molecule has 3 aromatic carbocycles.